The van der Waals surface area contributed by atoms with E-state index < -0.39 is 35.7 Å². The third-order valence-corrected chi connectivity index (χ3v) is 6.96. The predicted octanol–water partition coefficient (Wildman–Crippen LogP) is 3.73. The molecule has 1 aromatic rings. The first-order valence-corrected chi connectivity index (χ1v) is 14.9. The number of carbonyl (C=O) groups is 4. The summed E-state index contributed by atoms with van der Waals surface area (Å²) < 4.78 is 10.3. The number of hydrogen-bond donors (Lipinski definition) is 3. The molecule has 42 heavy (non-hydrogen) atoms. The van der Waals surface area contributed by atoms with Crippen LogP contribution in [0.5, 0.6) is 0 Å². The maximum Gasteiger partial charge on any atom is 0.408 e. The smallest absolute Gasteiger partial charge is 0.408 e. The van der Waals surface area contributed by atoms with Crippen LogP contribution in [0.4, 0.5) is 4.79 Å². The van der Waals surface area contributed by atoms with E-state index in [9.17, 15) is 19.2 Å². The van der Waals surface area contributed by atoms with Gasteiger partial charge >= 0.3 is 12.1 Å². The van der Waals surface area contributed by atoms with Crippen LogP contribution in [0.15, 0.2) is 42.5 Å². The Hall–Kier alpha value is -3.40. The molecule has 0 aliphatic carbocycles. The van der Waals surface area contributed by atoms with Gasteiger partial charge in [0.2, 0.25) is 11.8 Å². The lowest BCUT2D eigenvalue weighted by atomic mass is 9.95. The van der Waals surface area contributed by atoms with Crippen LogP contribution in [0.1, 0.15) is 72.3 Å². The van der Waals surface area contributed by atoms with Gasteiger partial charge in [0.25, 0.3) is 0 Å². The molecule has 0 radical (unpaired) electrons. The molecule has 3 amide bonds. The number of likely N-dealkylation sites (tertiary alicyclic amines) is 1. The Morgan fingerprint density at radius 3 is 2.38 bits per heavy atom. The van der Waals surface area contributed by atoms with E-state index in [-0.39, 0.29) is 23.8 Å². The quantitative estimate of drug-likeness (QED) is 0.223. The second-order valence-electron chi connectivity index (χ2n) is 12.3. The molecule has 1 fully saturated rings. The Morgan fingerprint density at radius 2 is 1.79 bits per heavy atom. The third-order valence-electron chi connectivity index (χ3n) is 6.96. The number of benzene rings is 1. The van der Waals surface area contributed by atoms with Crippen LogP contribution in [-0.2, 0) is 30.3 Å². The number of ether oxygens (including phenoxy) is 2. The van der Waals surface area contributed by atoms with Gasteiger partial charge < -0.3 is 30.7 Å². The summed E-state index contributed by atoms with van der Waals surface area (Å²) in [7, 11) is 1.28. The van der Waals surface area contributed by atoms with Crippen LogP contribution in [0.25, 0.3) is 0 Å². The Morgan fingerprint density at radius 1 is 1.10 bits per heavy atom. The van der Waals surface area contributed by atoms with Crippen LogP contribution in [0.2, 0.25) is 0 Å². The van der Waals surface area contributed by atoms with Crippen LogP contribution in [0.3, 0.4) is 0 Å². The van der Waals surface area contributed by atoms with Gasteiger partial charge in [-0.05, 0) is 77.3 Å². The van der Waals surface area contributed by atoms with Crippen molar-refractivity contribution in [3.8, 4) is 0 Å². The monoisotopic (exact) mass is 586 g/mol. The summed E-state index contributed by atoms with van der Waals surface area (Å²) in [5.41, 5.74) is 5.95. The minimum Gasteiger partial charge on any atom is -0.467 e. The minimum absolute atomic E-state index is 0.176. The first-order valence-electron chi connectivity index (χ1n) is 14.9. The highest BCUT2D eigenvalue weighted by molar-refractivity contribution is 5.92. The fourth-order valence-electron chi connectivity index (χ4n) is 5.02. The number of rotatable bonds is 14. The average Bonchev–Trinajstić information content (AvgIpc) is 3.41. The molecular weight excluding hydrogens is 536 g/mol. The lowest BCUT2D eigenvalue weighted by Crippen LogP contribution is -2.52. The maximum absolute atomic E-state index is 14.0. The molecule has 3 unspecified atom stereocenters. The Balaban J connectivity index is 2.29. The third kappa shape index (κ3) is 11.8. The van der Waals surface area contributed by atoms with E-state index in [0.29, 0.717) is 51.6 Å². The topological polar surface area (TPSA) is 140 Å². The van der Waals surface area contributed by atoms with Crippen molar-refractivity contribution >= 4 is 23.9 Å². The van der Waals surface area contributed by atoms with E-state index in [2.05, 4.69) is 24.5 Å². The summed E-state index contributed by atoms with van der Waals surface area (Å²) in [6, 6.07) is 7.84. The predicted molar refractivity (Wildman–Crippen MR) is 162 cm³/mol. The second-order valence-corrected chi connectivity index (χ2v) is 12.3. The molecule has 0 bridgehead atoms. The van der Waals surface area contributed by atoms with Crippen LogP contribution >= 0.6 is 0 Å². The fraction of sp³-hybridized carbons (Fsp3) is 0.625. The van der Waals surface area contributed by atoms with Crippen molar-refractivity contribution in [2.24, 2.45) is 17.6 Å². The number of carbonyl (C=O) groups excluding carboxylic acids is 4. The summed E-state index contributed by atoms with van der Waals surface area (Å²) in [6.07, 6.45) is 6.36. The number of nitrogens with two attached hydrogens (primary N) is 1. The van der Waals surface area contributed by atoms with Crippen molar-refractivity contribution in [2.45, 2.75) is 96.9 Å². The number of esters is 1. The molecule has 4 N–H and O–H groups in total. The number of hydrogen-bond acceptors (Lipinski definition) is 7. The molecule has 1 heterocycles. The van der Waals surface area contributed by atoms with Crippen molar-refractivity contribution in [1.29, 1.82) is 0 Å². The van der Waals surface area contributed by atoms with Gasteiger partial charge in [-0.2, -0.15) is 0 Å². The lowest BCUT2D eigenvalue weighted by Gasteiger charge is -2.29. The first kappa shape index (κ1) is 34.8. The fourth-order valence-corrected chi connectivity index (χ4v) is 5.02. The van der Waals surface area contributed by atoms with Gasteiger partial charge in [0.1, 0.15) is 17.7 Å². The van der Waals surface area contributed by atoms with E-state index in [0.717, 1.165) is 5.56 Å². The van der Waals surface area contributed by atoms with Crippen LogP contribution in [-0.4, -0.2) is 72.7 Å². The van der Waals surface area contributed by atoms with Crippen LogP contribution < -0.4 is 16.4 Å². The van der Waals surface area contributed by atoms with E-state index in [4.69, 9.17) is 15.2 Å². The number of alkyl carbamates (subject to hydrolysis) is 1. The molecule has 4 atom stereocenters. The van der Waals surface area contributed by atoms with Gasteiger partial charge in [-0.1, -0.05) is 56.3 Å². The molecule has 1 aromatic carbocycles. The van der Waals surface area contributed by atoms with E-state index in [1.54, 1.807) is 4.90 Å². The number of amides is 3. The normalized spacial score (nSPS) is 17.5. The van der Waals surface area contributed by atoms with E-state index in [1.165, 1.54) is 7.11 Å². The van der Waals surface area contributed by atoms with Crippen molar-refractivity contribution < 1.29 is 28.7 Å². The zero-order valence-electron chi connectivity index (χ0n) is 26.1. The van der Waals surface area contributed by atoms with Gasteiger partial charge in [-0.15, -0.1) is 0 Å². The largest absolute Gasteiger partial charge is 0.467 e. The second kappa shape index (κ2) is 16.9. The van der Waals surface area contributed by atoms with Crippen molar-refractivity contribution in [2.75, 3.05) is 20.2 Å². The molecule has 2 rings (SSSR count). The summed E-state index contributed by atoms with van der Waals surface area (Å²) in [6.45, 7) is 10.4. The summed E-state index contributed by atoms with van der Waals surface area (Å²) in [5, 5.41) is 5.71. The number of nitrogens with one attached hydrogen (secondary N) is 2. The van der Waals surface area contributed by atoms with Crippen LogP contribution in [0, 0.1) is 11.8 Å². The highest BCUT2D eigenvalue weighted by atomic mass is 16.6. The van der Waals surface area contributed by atoms with Crippen molar-refractivity contribution in [3.63, 3.8) is 0 Å². The van der Waals surface area contributed by atoms with Gasteiger partial charge in [-0.3, -0.25) is 9.59 Å². The molecule has 1 aliphatic rings. The molecule has 1 saturated heterocycles. The molecule has 1 aliphatic heterocycles. The zero-order valence-corrected chi connectivity index (χ0v) is 26.1. The SMILES string of the molecule is COC(=O)C(CCCN)NC(=O)[C@@H]1CCCN1C(=O)C(/C=C/C(CC(C)C)NC(=O)OC(C)(C)C)Cc1ccccc1. The van der Waals surface area contributed by atoms with Gasteiger partial charge in [0.05, 0.1) is 19.1 Å². The molecule has 10 heteroatoms. The molecule has 0 saturated carbocycles. The Labute approximate surface area is 250 Å². The van der Waals surface area contributed by atoms with Crippen molar-refractivity contribution in [3.05, 3.63) is 48.0 Å². The molecule has 10 nitrogen and oxygen atoms in total. The standard InChI is InChI=1S/C32H50N4O6/c1-22(2)20-25(34-31(40)42-32(3,4)5)17-16-24(21-23-12-8-7-9-13-23)29(38)36-19-11-15-27(36)28(37)35-26(14-10-18-33)30(39)41-6/h7-9,12-13,16-17,22,24-27H,10-11,14-15,18-21,33H2,1-6H3,(H,34,40)(H,35,37)/b17-16+/t24?,25?,26?,27-/m0/s1. The van der Waals surface area contributed by atoms with E-state index in [1.807, 2.05) is 63.3 Å². The Kier molecular flexibility index (Phi) is 14.0. The molecule has 0 spiro atoms. The van der Waals surface area contributed by atoms with Crippen molar-refractivity contribution in [1.82, 2.24) is 15.5 Å². The average molecular weight is 587 g/mol. The number of nitrogens with zero attached hydrogens (tertiary/aromatic N) is 1. The molecule has 234 valence electrons. The maximum atomic E-state index is 14.0. The lowest BCUT2D eigenvalue weighted by molar-refractivity contribution is -0.146. The van der Waals surface area contributed by atoms with Gasteiger partial charge in [0, 0.05) is 6.54 Å². The van der Waals surface area contributed by atoms with Gasteiger partial charge in [0.15, 0.2) is 0 Å². The Bertz CT molecular complexity index is 1050. The summed E-state index contributed by atoms with van der Waals surface area (Å²) >= 11 is 0. The van der Waals surface area contributed by atoms with Gasteiger partial charge in [-0.25, -0.2) is 9.59 Å². The minimum atomic E-state index is -0.820. The molecular formula is C32H50N4O6. The summed E-state index contributed by atoms with van der Waals surface area (Å²) in [4.78, 5) is 53.8. The highest BCUT2D eigenvalue weighted by Crippen LogP contribution is 2.24. The first-order chi connectivity index (χ1) is 19.8. The highest BCUT2D eigenvalue weighted by Gasteiger charge is 2.38. The molecule has 0 aromatic heterocycles. The summed E-state index contributed by atoms with van der Waals surface area (Å²) in [5.74, 6) is -1.37. The zero-order chi connectivity index (χ0) is 31.3. The number of methoxy groups -OCH3 is 1. The van der Waals surface area contributed by atoms with E-state index >= 15 is 0 Å².